The molecule has 106 valence electrons. The van der Waals surface area contributed by atoms with Gasteiger partial charge in [0.25, 0.3) is 0 Å². The fraction of sp³-hybridized carbons (Fsp3) is 0.938. The molecule has 0 radical (unpaired) electrons. The summed E-state index contributed by atoms with van der Waals surface area (Å²) >= 11 is 0. The second kappa shape index (κ2) is 4.75. The zero-order chi connectivity index (χ0) is 13.6. The topological polar surface area (TPSA) is 22.8 Å². The molecule has 0 amide bonds. The fourth-order valence-electron chi connectivity index (χ4n) is 4.31. The average Bonchev–Trinajstić information content (AvgIpc) is 2.70. The molecule has 3 heteroatoms. The van der Waals surface area contributed by atoms with Crippen molar-refractivity contribution in [2.75, 3.05) is 0 Å². The first-order chi connectivity index (χ1) is 9.04. The molecule has 3 rings (SSSR count). The van der Waals surface area contributed by atoms with Gasteiger partial charge in [-0.05, 0) is 31.1 Å². The summed E-state index contributed by atoms with van der Waals surface area (Å²) < 4.78 is 12.7. The zero-order valence-electron chi connectivity index (χ0n) is 12.3. The monoisotopic (exact) mass is 263 g/mol. The second-order valence-electron chi connectivity index (χ2n) is 7.00. The van der Waals surface area contributed by atoms with Crippen LogP contribution in [0.2, 0.25) is 0 Å². The Kier molecular flexibility index (Phi) is 3.35. The van der Waals surface area contributed by atoms with Gasteiger partial charge in [0.05, 0.1) is 23.9 Å². The van der Waals surface area contributed by atoms with Crippen LogP contribution in [0.4, 0.5) is 0 Å². The molecule has 3 nitrogen and oxygen atoms in total. The highest BCUT2D eigenvalue weighted by Gasteiger charge is 2.58. The molecular formula is C16H25NO2. The molecule has 1 aliphatic carbocycles. The number of rotatable bonds is 2. The van der Waals surface area contributed by atoms with Crippen molar-refractivity contribution in [2.24, 2.45) is 11.8 Å². The van der Waals surface area contributed by atoms with E-state index in [0.29, 0.717) is 24.0 Å². The van der Waals surface area contributed by atoms with Crippen molar-refractivity contribution in [1.29, 1.82) is 0 Å². The maximum Gasteiger partial charge on any atom is 0.223 e. The molecule has 1 saturated carbocycles. The van der Waals surface area contributed by atoms with Crippen LogP contribution in [0.1, 0.15) is 52.9 Å². The predicted molar refractivity (Wildman–Crippen MR) is 73.7 cm³/mol. The van der Waals surface area contributed by atoms with Crippen LogP contribution < -0.4 is 0 Å². The molecule has 1 spiro atoms. The van der Waals surface area contributed by atoms with E-state index in [1.165, 1.54) is 0 Å². The van der Waals surface area contributed by atoms with E-state index in [2.05, 4.69) is 18.7 Å². The zero-order valence-corrected chi connectivity index (χ0v) is 12.3. The van der Waals surface area contributed by atoms with Crippen molar-refractivity contribution < 1.29 is 9.47 Å². The van der Waals surface area contributed by atoms with Crippen LogP contribution in [0.15, 0.2) is 0 Å². The van der Waals surface area contributed by atoms with Gasteiger partial charge in [0.1, 0.15) is 0 Å². The number of fused-ring (bicyclic) bond motifs is 1. The van der Waals surface area contributed by atoms with Gasteiger partial charge in [-0.1, -0.05) is 13.8 Å². The van der Waals surface area contributed by atoms with Gasteiger partial charge in [-0.15, -0.1) is 0 Å². The predicted octanol–water partition coefficient (Wildman–Crippen LogP) is 3.44. The molecular weight excluding hydrogens is 238 g/mol. The smallest absolute Gasteiger partial charge is 0.223 e. The number of ether oxygens (including phenoxy) is 2. The van der Waals surface area contributed by atoms with Crippen molar-refractivity contribution in [3.63, 3.8) is 0 Å². The first kappa shape index (κ1) is 13.4. The van der Waals surface area contributed by atoms with E-state index in [9.17, 15) is 0 Å². The maximum atomic E-state index is 7.11. The summed E-state index contributed by atoms with van der Waals surface area (Å²) in [6.07, 6.45) is 6.24. The van der Waals surface area contributed by atoms with Crippen molar-refractivity contribution in [1.82, 2.24) is 0 Å². The van der Waals surface area contributed by atoms with Crippen LogP contribution in [0.5, 0.6) is 0 Å². The Balaban J connectivity index is 1.73. The van der Waals surface area contributed by atoms with Gasteiger partial charge in [-0.3, -0.25) is 0 Å². The van der Waals surface area contributed by atoms with Gasteiger partial charge >= 0.3 is 0 Å². The Morgan fingerprint density at radius 2 is 2.11 bits per heavy atom. The van der Waals surface area contributed by atoms with E-state index in [1.807, 2.05) is 6.92 Å². The van der Waals surface area contributed by atoms with Crippen molar-refractivity contribution in [3.8, 4) is 0 Å². The Morgan fingerprint density at radius 1 is 1.32 bits per heavy atom. The molecule has 1 unspecified atom stereocenters. The van der Waals surface area contributed by atoms with Crippen LogP contribution >= 0.6 is 0 Å². The minimum Gasteiger partial charge on any atom is -0.372 e. The molecule has 19 heavy (non-hydrogen) atoms. The summed E-state index contributed by atoms with van der Waals surface area (Å²) in [6, 6.07) is 0.0796. The van der Waals surface area contributed by atoms with E-state index in [-0.39, 0.29) is 17.7 Å². The molecule has 2 heterocycles. The SMILES string of the molecule is [C-]#[N+][C@H](C)C[C@H]1CC[C@@H]2O[C@@H]3C[C@]2(C[C@@H](C)C3C)O1. The van der Waals surface area contributed by atoms with Crippen LogP contribution in [0.3, 0.4) is 0 Å². The minimum absolute atomic E-state index is 0.0265. The minimum atomic E-state index is -0.0265. The highest BCUT2D eigenvalue weighted by Crippen LogP contribution is 2.53. The molecule has 2 saturated heterocycles. The lowest BCUT2D eigenvalue weighted by atomic mass is 9.70. The lowest BCUT2D eigenvalue weighted by molar-refractivity contribution is -0.170. The first-order valence-electron chi connectivity index (χ1n) is 7.74. The Hall–Kier alpha value is -0.590. The van der Waals surface area contributed by atoms with E-state index >= 15 is 0 Å². The molecule has 3 aliphatic rings. The van der Waals surface area contributed by atoms with E-state index in [0.717, 1.165) is 32.1 Å². The quantitative estimate of drug-likeness (QED) is 0.712. The summed E-state index contributed by atoms with van der Waals surface area (Å²) in [6.45, 7) is 13.8. The van der Waals surface area contributed by atoms with Crippen molar-refractivity contribution in [3.05, 3.63) is 11.4 Å². The van der Waals surface area contributed by atoms with Gasteiger partial charge < -0.3 is 14.3 Å². The maximum absolute atomic E-state index is 7.11. The Labute approximate surface area is 116 Å². The molecule has 7 atom stereocenters. The molecule has 2 aliphatic heterocycles. The first-order valence-corrected chi connectivity index (χ1v) is 7.74. The standard InChI is InChI=1S/C16H25NO2/c1-10-8-16-9-14(12(10)3)18-15(16)6-5-13(19-16)7-11(2)17-4/h10-15H,5-9H2,1-3H3/t10-,11-,12?,13-,14-,15+,16+/m1/s1. The lowest BCUT2D eigenvalue weighted by Crippen LogP contribution is -2.51. The van der Waals surface area contributed by atoms with Crippen LogP contribution in [-0.2, 0) is 9.47 Å². The number of nitrogens with zero attached hydrogens (tertiary/aromatic N) is 1. The summed E-state index contributed by atoms with van der Waals surface area (Å²) in [5.41, 5.74) is -0.0265. The molecule has 3 fully saturated rings. The highest BCUT2D eigenvalue weighted by atomic mass is 16.6. The van der Waals surface area contributed by atoms with E-state index in [4.69, 9.17) is 16.0 Å². The van der Waals surface area contributed by atoms with Gasteiger partial charge in [-0.25, -0.2) is 6.57 Å². The van der Waals surface area contributed by atoms with E-state index in [1.54, 1.807) is 0 Å². The summed E-state index contributed by atoms with van der Waals surface area (Å²) in [5, 5.41) is 0. The summed E-state index contributed by atoms with van der Waals surface area (Å²) in [5.74, 6) is 1.33. The number of hydrogen-bond acceptors (Lipinski definition) is 2. The third-order valence-corrected chi connectivity index (χ3v) is 5.60. The highest BCUT2D eigenvalue weighted by molar-refractivity contribution is 5.07. The summed E-state index contributed by atoms with van der Waals surface area (Å²) in [4.78, 5) is 3.61. The van der Waals surface area contributed by atoms with Crippen LogP contribution in [0, 0.1) is 18.4 Å². The van der Waals surface area contributed by atoms with Gasteiger partial charge in [0.15, 0.2) is 0 Å². The van der Waals surface area contributed by atoms with Gasteiger partial charge in [-0.2, -0.15) is 0 Å². The second-order valence-corrected chi connectivity index (χ2v) is 7.00. The van der Waals surface area contributed by atoms with Crippen molar-refractivity contribution in [2.45, 2.75) is 82.8 Å². The third kappa shape index (κ3) is 2.19. The van der Waals surface area contributed by atoms with E-state index < -0.39 is 0 Å². The molecule has 0 N–H and O–H groups in total. The molecule has 2 bridgehead atoms. The van der Waals surface area contributed by atoms with Gasteiger partial charge in [0, 0.05) is 19.8 Å². The molecule has 0 aromatic carbocycles. The largest absolute Gasteiger partial charge is 0.372 e. The molecule has 0 aromatic rings. The third-order valence-electron chi connectivity index (χ3n) is 5.60. The summed E-state index contributed by atoms with van der Waals surface area (Å²) in [7, 11) is 0. The molecule has 0 aromatic heterocycles. The van der Waals surface area contributed by atoms with Crippen molar-refractivity contribution >= 4 is 0 Å². The Morgan fingerprint density at radius 3 is 2.84 bits per heavy atom. The number of hydrogen-bond donors (Lipinski definition) is 0. The normalized spacial score (nSPS) is 50.3. The Bertz CT molecular complexity index is 391. The fourth-order valence-corrected chi connectivity index (χ4v) is 4.31. The van der Waals surface area contributed by atoms with Gasteiger partial charge in [0.2, 0.25) is 6.04 Å². The van der Waals surface area contributed by atoms with Crippen LogP contribution in [-0.4, -0.2) is 30.0 Å². The lowest BCUT2D eigenvalue weighted by Gasteiger charge is -2.45. The average molecular weight is 263 g/mol. The van der Waals surface area contributed by atoms with Crippen LogP contribution in [0.25, 0.3) is 4.85 Å².